The van der Waals surface area contributed by atoms with Gasteiger partial charge in [-0.15, -0.1) is 0 Å². The molecular weight excluding hydrogens is 400 g/mol. The van der Waals surface area contributed by atoms with Gasteiger partial charge in [-0.1, -0.05) is 55.5 Å². The zero-order valence-electron chi connectivity index (χ0n) is 18.5. The van der Waals surface area contributed by atoms with Crippen LogP contribution in [0.3, 0.4) is 0 Å². The quantitative estimate of drug-likeness (QED) is 0.406. The minimum absolute atomic E-state index is 0.0693. The molecule has 32 heavy (non-hydrogen) atoms. The van der Waals surface area contributed by atoms with Crippen molar-refractivity contribution in [2.45, 2.75) is 19.4 Å². The van der Waals surface area contributed by atoms with Crippen LogP contribution >= 0.6 is 0 Å². The minimum atomic E-state index is -0.124. The van der Waals surface area contributed by atoms with Crippen molar-refractivity contribution in [1.29, 1.82) is 0 Å². The summed E-state index contributed by atoms with van der Waals surface area (Å²) < 4.78 is 10.8. The summed E-state index contributed by atoms with van der Waals surface area (Å²) in [6.07, 6.45) is 0.793. The predicted octanol–water partition coefficient (Wildman–Crippen LogP) is 5.80. The van der Waals surface area contributed by atoms with Gasteiger partial charge < -0.3 is 14.8 Å². The molecular formula is C27H26N2O3. The van der Waals surface area contributed by atoms with E-state index in [1.807, 2.05) is 78.9 Å². The smallest absolute Gasteiger partial charge is 0.252 e. The number of amides is 1. The van der Waals surface area contributed by atoms with Gasteiger partial charge >= 0.3 is 0 Å². The first-order valence-corrected chi connectivity index (χ1v) is 10.6. The third-order valence-electron chi connectivity index (χ3n) is 5.56. The maximum absolute atomic E-state index is 13.4. The van der Waals surface area contributed by atoms with Gasteiger partial charge in [-0.25, -0.2) is 4.98 Å². The molecule has 0 fully saturated rings. The average Bonchev–Trinajstić information content (AvgIpc) is 2.86. The lowest BCUT2D eigenvalue weighted by atomic mass is 10.0. The van der Waals surface area contributed by atoms with E-state index >= 15 is 0 Å². The average molecular weight is 427 g/mol. The van der Waals surface area contributed by atoms with Gasteiger partial charge in [0, 0.05) is 10.9 Å². The second-order valence-electron chi connectivity index (χ2n) is 7.49. The lowest BCUT2D eigenvalue weighted by Gasteiger charge is -2.18. The van der Waals surface area contributed by atoms with Gasteiger partial charge in [-0.3, -0.25) is 4.79 Å². The first kappa shape index (κ1) is 21.4. The number of benzene rings is 3. The molecule has 3 aromatic carbocycles. The number of hydrogen-bond donors (Lipinski definition) is 1. The van der Waals surface area contributed by atoms with Gasteiger partial charge in [-0.05, 0) is 42.3 Å². The standard InChI is InChI=1S/C27H26N2O3/c1-4-22(18-10-6-5-7-11-18)29-27(30)21-17-24(28-23-13-9-8-12-20(21)23)19-14-15-25(31-2)26(16-19)32-3/h5-17,22H,4H2,1-3H3,(H,29,30). The van der Waals surface area contributed by atoms with Crippen molar-refractivity contribution in [3.63, 3.8) is 0 Å². The molecule has 0 saturated heterocycles. The van der Waals surface area contributed by atoms with Gasteiger partial charge in [0.15, 0.2) is 11.5 Å². The number of para-hydroxylation sites is 1. The highest BCUT2D eigenvalue weighted by molar-refractivity contribution is 6.07. The zero-order valence-corrected chi connectivity index (χ0v) is 18.5. The van der Waals surface area contributed by atoms with Crippen molar-refractivity contribution in [2.75, 3.05) is 14.2 Å². The van der Waals surface area contributed by atoms with Gasteiger partial charge in [-0.2, -0.15) is 0 Å². The molecule has 0 saturated carbocycles. The van der Waals surface area contributed by atoms with Gasteiger partial charge in [0.25, 0.3) is 5.91 Å². The lowest BCUT2D eigenvalue weighted by molar-refractivity contribution is 0.0937. The third kappa shape index (κ3) is 4.28. The van der Waals surface area contributed by atoms with Crippen LogP contribution in [0.4, 0.5) is 0 Å². The number of nitrogens with zero attached hydrogens (tertiary/aromatic N) is 1. The Morgan fingerprint density at radius 2 is 1.62 bits per heavy atom. The molecule has 4 rings (SSSR count). The summed E-state index contributed by atoms with van der Waals surface area (Å²) in [6, 6.07) is 25.1. The molecule has 1 N–H and O–H groups in total. The second kappa shape index (κ2) is 9.52. The van der Waals surface area contributed by atoms with Crippen molar-refractivity contribution < 1.29 is 14.3 Å². The van der Waals surface area contributed by atoms with Crippen LogP contribution in [0.15, 0.2) is 78.9 Å². The number of nitrogens with one attached hydrogen (secondary N) is 1. The lowest BCUT2D eigenvalue weighted by Crippen LogP contribution is -2.28. The molecule has 0 aliphatic carbocycles. The molecule has 0 aliphatic rings. The number of rotatable bonds is 7. The SMILES string of the molecule is CCC(NC(=O)c1cc(-c2ccc(OC)c(OC)c2)nc2ccccc12)c1ccccc1. The van der Waals surface area contributed by atoms with E-state index in [0.717, 1.165) is 28.5 Å². The highest BCUT2D eigenvalue weighted by Gasteiger charge is 2.18. The number of fused-ring (bicyclic) bond motifs is 1. The van der Waals surface area contributed by atoms with E-state index in [-0.39, 0.29) is 11.9 Å². The highest BCUT2D eigenvalue weighted by Crippen LogP contribution is 2.33. The Kier molecular flexibility index (Phi) is 6.36. The molecule has 1 atom stereocenters. The van der Waals surface area contributed by atoms with Crippen LogP contribution in [0.1, 0.15) is 35.3 Å². The largest absolute Gasteiger partial charge is 0.493 e. The first-order chi connectivity index (χ1) is 15.6. The summed E-state index contributed by atoms with van der Waals surface area (Å²) in [5, 5.41) is 4.02. The fraction of sp³-hybridized carbons (Fsp3) is 0.185. The molecule has 1 heterocycles. The molecule has 4 aromatic rings. The summed E-state index contributed by atoms with van der Waals surface area (Å²) in [5.41, 5.74) is 3.98. The van der Waals surface area contributed by atoms with E-state index in [4.69, 9.17) is 14.5 Å². The Balaban J connectivity index is 1.77. The van der Waals surface area contributed by atoms with E-state index < -0.39 is 0 Å². The van der Waals surface area contributed by atoms with Crippen molar-refractivity contribution >= 4 is 16.8 Å². The molecule has 1 unspecified atom stereocenters. The van der Waals surface area contributed by atoms with Gasteiger partial charge in [0.2, 0.25) is 0 Å². The fourth-order valence-corrected chi connectivity index (χ4v) is 3.85. The normalized spacial score (nSPS) is 11.7. The van der Waals surface area contributed by atoms with E-state index in [9.17, 15) is 4.79 Å². The van der Waals surface area contributed by atoms with Crippen molar-refractivity contribution in [2.24, 2.45) is 0 Å². The summed E-state index contributed by atoms with van der Waals surface area (Å²) >= 11 is 0. The Morgan fingerprint density at radius 3 is 2.34 bits per heavy atom. The van der Waals surface area contributed by atoms with Crippen LogP contribution in [-0.4, -0.2) is 25.1 Å². The summed E-state index contributed by atoms with van der Waals surface area (Å²) in [4.78, 5) is 18.2. The first-order valence-electron chi connectivity index (χ1n) is 10.6. The number of ether oxygens (including phenoxy) is 2. The monoisotopic (exact) mass is 426 g/mol. The van der Waals surface area contributed by atoms with Crippen LogP contribution in [0.25, 0.3) is 22.2 Å². The topological polar surface area (TPSA) is 60.5 Å². The van der Waals surface area contributed by atoms with E-state index in [1.165, 1.54) is 0 Å². The highest BCUT2D eigenvalue weighted by atomic mass is 16.5. The number of hydrogen-bond acceptors (Lipinski definition) is 4. The molecule has 0 bridgehead atoms. The Bertz CT molecular complexity index is 1240. The van der Waals surface area contributed by atoms with Crippen molar-refractivity contribution in [1.82, 2.24) is 10.3 Å². The summed E-state index contributed by atoms with van der Waals surface area (Å²) in [7, 11) is 3.20. The van der Waals surface area contributed by atoms with Crippen LogP contribution in [0.5, 0.6) is 11.5 Å². The second-order valence-corrected chi connectivity index (χ2v) is 7.49. The van der Waals surface area contributed by atoms with Gasteiger partial charge in [0.1, 0.15) is 0 Å². The molecule has 5 nitrogen and oxygen atoms in total. The van der Waals surface area contributed by atoms with Gasteiger partial charge in [0.05, 0.1) is 37.0 Å². The van der Waals surface area contributed by atoms with Crippen LogP contribution in [0, 0.1) is 0 Å². The zero-order chi connectivity index (χ0) is 22.5. The molecule has 0 spiro atoms. The minimum Gasteiger partial charge on any atom is -0.493 e. The van der Waals surface area contributed by atoms with E-state index in [0.29, 0.717) is 22.8 Å². The van der Waals surface area contributed by atoms with E-state index in [2.05, 4.69) is 12.2 Å². The molecule has 5 heteroatoms. The number of pyridine rings is 1. The fourth-order valence-electron chi connectivity index (χ4n) is 3.85. The van der Waals surface area contributed by atoms with Crippen molar-refractivity contribution in [3.8, 4) is 22.8 Å². The van der Waals surface area contributed by atoms with E-state index in [1.54, 1.807) is 14.2 Å². The molecule has 0 aliphatic heterocycles. The number of carbonyl (C=O) groups excluding carboxylic acids is 1. The number of aromatic nitrogens is 1. The van der Waals surface area contributed by atoms with Crippen LogP contribution in [-0.2, 0) is 0 Å². The number of methoxy groups -OCH3 is 2. The summed E-state index contributed by atoms with van der Waals surface area (Å²) in [5.74, 6) is 1.13. The Labute approximate surface area is 188 Å². The predicted molar refractivity (Wildman–Crippen MR) is 127 cm³/mol. The molecule has 1 aromatic heterocycles. The Morgan fingerprint density at radius 1 is 0.906 bits per heavy atom. The third-order valence-corrected chi connectivity index (χ3v) is 5.56. The Hall–Kier alpha value is -3.86. The molecule has 1 amide bonds. The van der Waals surface area contributed by atoms with Crippen molar-refractivity contribution in [3.05, 3.63) is 90.0 Å². The van der Waals surface area contributed by atoms with Crippen LogP contribution < -0.4 is 14.8 Å². The maximum Gasteiger partial charge on any atom is 0.252 e. The molecule has 162 valence electrons. The number of carbonyl (C=O) groups is 1. The van der Waals surface area contributed by atoms with Crippen LogP contribution in [0.2, 0.25) is 0 Å². The summed E-state index contributed by atoms with van der Waals surface area (Å²) in [6.45, 7) is 2.07. The maximum atomic E-state index is 13.4. The molecule has 0 radical (unpaired) electrons.